The van der Waals surface area contributed by atoms with Crippen LogP contribution >= 0.6 is 0 Å². The lowest BCUT2D eigenvalue weighted by molar-refractivity contribution is 0.0891. The van der Waals surface area contributed by atoms with Gasteiger partial charge in [-0.3, -0.25) is 4.79 Å². The number of aromatic amines is 1. The second kappa shape index (κ2) is 7.52. The van der Waals surface area contributed by atoms with Crippen LogP contribution in [0, 0.1) is 5.92 Å². The molecule has 162 valence electrons. The predicted octanol–water partition coefficient (Wildman–Crippen LogP) is 4.86. The molecule has 1 aliphatic heterocycles. The third kappa shape index (κ3) is 3.67. The first-order valence-electron chi connectivity index (χ1n) is 11.5. The van der Waals surface area contributed by atoms with Crippen molar-refractivity contribution >= 4 is 16.8 Å². The highest BCUT2D eigenvalue weighted by Gasteiger charge is 2.40. The second-order valence-corrected chi connectivity index (χ2v) is 10.5. The number of carbonyl (C=O) groups is 1. The molecule has 2 aliphatic rings. The molecule has 31 heavy (non-hydrogen) atoms. The maximum Gasteiger partial charge on any atom is 0.251 e. The fraction of sp³-hybridized carbons (Fsp3) is 0.444. The lowest BCUT2D eigenvalue weighted by Crippen LogP contribution is -2.50. The Hall–Kier alpha value is -2.59. The minimum Gasteiger partial charge on any atom is -0.361 e. The van der Waals surface area contributed by atoms with Crippen molar-refractivity contribution in [3.05, 3.63) is 70.9 Å². The Balaban J connectivity index is 1.42. The number of piperidine rings is 1. The van der Waals surface area contributed by atoms with Crippen molar-refractivity contribution in [3.8, 4) is 0 Å². The van der Waals surface area contributed by atoms with E-state index < -0.39 is 0 Å². The van der Waals surface area contributed by atoms with Gasteiger partial charge in [0.2, 0.25) is 0 Å². The van der Waals surface area contributed by atoms with E-state index in [2.05, 4.69) is 61.3 Å². The molecule has 1 aromatic heterocycles. The van der Waals surface area contributed by atoms with Gasteiger partial charge in [-0.25, -0.2) is 0 Å². The van der Waals surface area contributed by atoms with E-state index in [4.69, 9.17) is 0 Å². The number of nitrogens with one attached hydrogen (secondary N) is 2. The lowest BCUT2D eigenvalue weighted by Gasteiger charge is -2.46. The zero-order chi connectivity index (χ0) is 21.8. The summed E-state index contributed by atoms with van der Waals surface area (Å²) >= 11 is 0. The zero-order valence-corrected chi connectivity index (χ0v) is 19.0. The third-order valence-electron chi connectivity index (χ3n) is 7.34. The van der Waals surface area contributed by atoms with Crippen molar-refractivity contribution in [2.75, 3.05) is 20.1 Å². The molecule has 0 spiro atoms. The van der Waals surface area contributed by atoms with Crippen LogP contribution in [0.3, 0.4) is 0 Å². The Bertz CT molecular complexity index is 1110. The van der Waals surface area contributed by atoms with Gasteiger partial charge in [0.25, 0.3) is 5.91 Å². The minimum absolute atomic E-state index is 0.0269. The van der Waals surface area contributed by atoms with Crippen LogP contribution in [-0.2, 0) is 11.8 Å². The molecular weight excluding hydrogens is 382 g/mol. The minimum atomic E-state index is 0.0269. The van der Waals surface area contributed by atoms with E-state index in [-0.39, 0.29) is 11.3 Å². The summed E-state index contributed by atoms with van der Waals surface area (Å²) in [6.45, 7) is 8.63. The maximum absolute atomic E-state index is 12.6. The summed E-state index contributed by atoms with van der Waals surface area (Å²) in [5.74, 6) is 0.984. The average Bonchev–Trinajstić information content (AvgIpc) is 3.16. The van der Waals surface area contributed by atoms with Crippen molar-refractivity contribution < 1.29 is 4.79 Å². The summed E-state index contributed by atoms with van der Waals surface area (Å²) in [6, 6.07) is 14.9. The number of amides is 1. The van der Waals surface area contributed by atoms with Gasteiger partial charge in [0.05, 0.1) is 0 Å². The zero-order valence-electron chi connectivity index (χ0n) is 19.0. The molecule has 1 aliphatic carbocycles. The largest absolute Gasteiger partial charge is 0.361 e. The fourth-order valence-corrected chi connectivity index (χ4v) is 5.63. The predicted molar refractivity (Wildman–Crippen MR) is 127 cm³/mol. The Morgan fingerprint density at radius 1 is 1.19 bits per heavy atom. The van der Waals surface area contributed by atoms with Crippen molar-refractivity contribution in [1.29, 1.82) is 0 Å². The summed E-state index contributed by atoms with van der Waals surface area (Å²) < 4.78 is 0. The number of hydrogen-bond acceptors (Lipinski definition) is 2. The number of likely N-dealkylation sites (tertiary alicyclic amines) is 1. The molecule has 2 N–H and O–H groups in total. The summed E-state index contributed by atoms with van der Waals surface area (Å²) in [6.07, 6.45) is 4.44. The quantitative estimate of drug-likeness (QED) is 0.642. The third-order valence-corrected chi connectivity index (χ3v) is 7.34. The van der Waals surface area contributed by atoms with E-state index in [1.807, 2.05) is 30.3 Å². The van der Waals surface area contributed by atoms with E-state index in [0.717, 1.165) is 31.5 Å². The van der Waals surface area contributed by atoms with Gasteiger partial charge in [0, 0.05) is 47.7 Å². The molecule has 3 atom stereocenters. The van der Waals surface area contributed by atoms with Gasteiger partial charge in [-0.1, -0.05) is 45.0 Å². The number of hydrogen-bond donors (Lipinski definition) is 2. The van der Waals surface area contributed by atoms with Crippen molar-refractivity contribution in [1.82, 2.24) is 15.2 Å². The van der Waals surface area contributed by atoms with Crippen molar-refractivity contribution in [3.63, 3.8) is 0 Å². The lowest BCUT2D eigenvalue weighted by atomic mass is 9.71. The van der Waals surface area contributed by atoms with Gasteiger partial charge < -0.3 is 15.2 Å². The molecule has 2 aromatic carbocycles. The molecule has 0 saturated carbocycles. The Labute approximate surface area is 185 Å². The van der Waals surface area contributed by atoms with Crippen LogP contribution in [0.4, 0.5) is 0 Å². The number of fused-ring (bicyclic) bond motifs is 2. The van der Waals surface area contributed by atoms with Gasteiger partial charge in [-0.15, -0.1) is 0 Å². The first-order chi connectivity index (χ1) is 14.8. The van der Waals surface area contributed by atoms with E-state index in [9.17, 15) is 4.79 Å². The Morgan fingerprint density at radius 2 is 1.97 bits per heavy atom. The highest BCUT2D eigenvalue weighted by Crippen LogP contribution is 2.45. The monoisotopic (exact) mass is 415 g/mol. The molecule has 4 nitrogen and oxygen atoms in total. The first kappa shape index (κ1) is 20.3. The van der Waals surface area contributed by atoms with Crippen LogP contribution in [-0.4, -0.2) is 42.0 Å². The van der Waals surface area contributed by atoms with Crippen molar-refractivity contribution in [2.24, 2.45) is 5.92 Å². The number of benzene rings is 2. The summed E-state index contributed by atoms with van der Waals surface area (Å²) in [5, 5.41) is 4.63. The molecule has 1 amide bonds. The van der Waals surface area contributed by atoms with E-state index in [0.29, 0.717) is 17.9 Å². The summed E-state index contributed by atoms with van der Waals surface area (Å²) in [7, 11) is 2.26. The number of carbonyl (C=O) groups excluding carboxylic acids is 1. The molecule has 1 saturated heterocycles. The maximum atomic E-state index is 12.6. The van der Waals surface area contributed by atoms with Gasteiger partial charge in [0.1, 0.15) is 0 Å². The smallest absolute Gasteiger partial charge is 0.251 e. The van der Waals surface area contributed by atoms with Crippen LogP contribution in [0.25, 0.3) is 10.9 Å². The molecule has 5 rings (SSSR count). The topological polar surface area (TPSA) is 48.1 Å². The molecule has 0 bridgehead atoms. The van der Waals surface area contributed by atoms with Gasteiger partial charge in [-0.2, -0.15) is 0 Å². The fourth-order valence-electron chi connectivity index (χ4n) is 5.63. The molecule has 1 unspecified atom stereocenters. The molecule has 0 radical (unpaired) electrons. The van der Waals surface area contributed by atoms with Gasteiger partial charge in [-0.05, 0) is 66.1 Å². The number of nitrogens with zero attached hydrogens (tertiary/aromatic N) is 1. The molecule has 4 heteroatoms. The highest BCUT2D eigenvalue weighted by molar-refractivity contribution is 5.94. The summed E-state index contributed by atoms with van der Waals surface area (Å²) in [5.41, 5.74) is 6.48. The first-order valence-corrected chi connectivity index (χ1v) is 11.5. The SMILES string of the molecule is CN1C[C@H](CNC(=O)c2ccccc2)CC2c3cc(C(C)(C)C)cc4[nH]cc(c34)C[C@H]21. The average molecular weight is 416 g/mol. The number of aromatic nitrogens is 1. The van der Waals surface area contributed by atoms with Crippen LogP contribution in [0.2, 0.25) is 0 Å². The van der Waals surface area contributed by atoms with E-state index >= 15 is 0 Å². The normalized spacial score (nSPS) is 23.5. The number of H-pyrrole nitrogens is 1. The van der Waals surface area contributed by atoms with E-state index in [1.165, 1.54) is 27.6 Å². The van der Waals surface area contributed by atoms with Gasteiger partial charge >= 0.3 is 0 Å². The molecule has 3 aromatic rings. The summed E-state index contributed by atoms with van der Waals surface area (Å²) in [4.78, 5) is 18.6. The molecule has 2 heterocycles. The molecule has 1 fully saturated rings. The Morgan fingerprint density at radius 3 is 2.71 bits per heavy atom. The van der Waals surface area contributed by atoms with Crippen LogP contribution in [0.5, 0.6) is 0 Å². The van der Waals surface area contributed by atoms with Gasteiger partial charge in [0.15, 0.2) is 0 Å². The highest BCUT2D eigenvalue weighted by atomic mass is 16.1. The Kier molecular flexibility index (Phi) is 4.93. The second-order valence-electron chi connectivity index (χ2n) is 10.5. The van der Waals surface area contributed by atoms with Crippen LogP contribution < -0.4 is 5.32 Å². The number of rotatable bonds is 3. The molecular formula is C27H33N3O. The number of likely N-dealkylation sites (N-methyl/N-ethyl adjacent to an activating group) is 1. The van der Waals surface area contributed by atoms with E-state index in [1.54, 1.807) is 0 Å². The standard InChI is InChI=1S/C27H33N3O/c1-27(2,3)20-12-22-21-10-17(14-29-26(31)18-8-6-5-7-9-18)16-30(4)24(21)11-19-15-28-23(13-20)25(19)22/h5-9,12-13,15,17,21,24,28H,10-11,14,16H2,1-4H3,(H,29,31)/t17-,21?,24+/m0/s1. The van der Waals surface area contributed by atoms with Crippen LogP contribution in [0.15, 0.2) is 48.7 Å². The van der Waals surface area contributed by atoms with Crippen LogP contribution in [0.1, 0.15) is 60.2 Å². The van der Waals surface area contributed by atoms with Crippen molar-refractivity contribution in [2.45, 2.75) is 51.0 Å².